The van der Waals surface area contributed by atoms with Crippen LogP contribution < -0.4 is 0 Å². The SMILES string of the molecule is C/C=C(\C)c1cccc(C)c1.C=C(/C(=C(/C)CC)c1ccccc1)c1ccccc1C.[Cr].[HH]. The maximum atomic E-state index is 4.37. The van der Waals surface area contributed by atoms with Crippen LogP contribution in [0.2, 0.25) is 0 Å². The van der Waals surface area contributed by atoms with Crippen molar-refractivity contribution in [3.05, 3.63) is 125 Å². The van der Waals surface area contributed by atoms with Gasteiger partial charge in [0.15, 0.2) is 0 Å². The summed E-state index contributed by atoms with van der Waals surface area (Å²) in [5.74, 6) is 0. The van der Waals surface area contributed by atoms with E-state index in [1.165, 1.54) is 44.5 Å². The molecule has 1 heteroatoms. The topological polar surface area (TPSA) is 0 Å². The van der Waals surface area contributed by atoms with Crippen molar-refractivity contribution in [3.63, 3.8) is 0 Å². The zero-order chi connectivity index (χ0) is 22.8. The Morgan fingerprint density at radius 2 is 1.44 bits per heavy atom. The molecule has 0 amide bonds. The minimum Gasteiger partial charge on any atom is -0.0905 e. The van der Waals surface area contributed by atoms with Crippen molar-refractivity contribution in [2.45, 2.75) is 48.0 Å². The van der Waals surface area contributed by atoms with Crippen molar-refractivity contribution in [3.8, 4) is 0 Å². The van der Waals surface area contributed by atoms with Gasteiger partial charge in [0, 0.05) is 18.8 Å². The van der Waals surface area contributed by atoms with Gasteiger partial charge in [-0.3, -0.25) is 0 Å². The first-order valence-corrected chi connectivity index (χ1v) is 11.1. The van der Waals surface area contributed by atoms with Crippen molar-refractivity contribution < 1.29 is 18.8 Å². The van der Waals surface area contributed by atoms with Crippen LogP contribution in [-0.2, 0) is 17.4 Å². The van der Waals surface area contributed by atoms with E-state index in [-0.39, 0.29) is 18.8 Å². The Labute approximate surface area is 208 Å². The van der Waals surface area contributed by atoms with Gasteiger partial charge in [0.25, 0.3) is 0 Å². The van der Waals surface area contributed by atoms with E-state index < -0.39 is 0 Å². The second-order valence-electron chi connectivity index (χ2n) is 8.01. The number of rotatable bonds is 5. The van der Waals surface area contributed by atoms with Crippen LogP contribution in [0.1, 0.15) is 63.4 Å². The summed E-state index contributed by atoms with van der Waals surface area (Å²) in [6, 6.07) is 27.6. The smallest absolute Gasteiger partial charge is 0 e. The molecule has 0 aliphatic rings. The number of allylic oxidation sites excluding steroid dienone is 5. The molecule has 0 aliphatic heterocycles. The number of hydrogen-bond donors (Lipinski definition) is 0. The molecule has 3 aromatic carbocycles. The summed E-state index contributed by atoms with van der Waals surface area (Å²) < 4.78 is 0. The molecule has 0 saturated carbocycles. The molecule has 0 fully saturated rings. The molecule has 0 atom stereocenters. The second kappa shape index (κ2) is 13.7. The summed E-state index contributed by atoms with van der Waals surface area (Å²) in [6.07, 6.45) is 3.17. The van der Waals surface area contributed by atoms with Crippen molar-refractivity contribution in [1.29, 1.82) is 0 Å². The van der Waals surface area contributed by atoms with Crippen LogP contribution in [0.15, 0.2) is 97.1 Å². The van der Waals surface area contributed by atoms with Crippen LogP contribution in [0.3, 0.4) is 0 Å². The summed E-state index contributed by atoms with van der Waals surface area (Å²) in [5.41, 5.74) is 11.5. The molecule has 0 spiro atoms. The van der Waals surface area contributed by atoms with Gasteiger partial charge in [-0.05, 0) is 80.0 Å². The van der Waals surface area contributed by atoms with Crippen molar-refractivity contribution in [1.82, 2.24) is 0 Å². The zero-order valence-corrected chi connectivity index (χ0v) is 21.7. The minimum absolute atomic E-state index is 0. The first-order chi connectivity index (χ1) is 14.9. The van der Waals surface area contributed by atoms with Crippen LogP contribution in [0.5, 0.6) is 0 Å². The third kappa shape index (κ3) is 7.52. The standard InChI is InChI=1S/C20H22.C11H14.Cr.H2/c1-5-15(2)20(18-12-7-6-8-13-18)17(4)19-14-10-9-11-16(19)3;1-4-10(3)11-7-5-6-9(2)8-11;;/h6-14H,4-5H2,1-3H3;4-8H,1-3H3;;1H/b20-15+;10-4+;;. The van der Waals surface area contributed by atoms with E-state index in [1.54, 1.807) is 0 Å². The first kappa shape index (κ1) is 27.4. The Hall–Kier alpha value is -2.59. The molecule has 3 rings (SSSR count). The molecule has 168 valence electrons. The molecule has 0 aromatic heterocycles. The molecule has 0 unspecified atom stereocenters. The molecule has 0 nitrogen and oxygen atoms in total. The summed E-state index contributed by atoms with van der Waals surface area (Å²) in [6.45, 7) is 17.2. The minimum atomic E-state index is 0. The van der Waals surface area contributed by atoms with Crippen LogP contribution in [0, 0.1) is 13.8 Å². The van der Waals surface area contributed by atoms with Crippen LogP contribution in [0.4, 0.5) is 0 Å². The second-order valence-corrected chi connectivity index (χ2v) is 8.01. The molecule has 3 aromatic rings. The van der Waals surface area contributed by atoms with E-state index in [1.807, 2.05) is 0 Å². The van der Waals surface area contributed by atoms with Gasteiger partial charge in [-0.2, -0.15) is 0 Å². The van der Waals surface area contributed by atoms with Crippen molar-refractivity contribution in [2.24, 2.45) is 0 Å². The average molecular weight is 463 g/mol. The molecule has 0 aliphatic carbocycles. The van der Waals surface area contributed by atoms with Crippen molar-refractivity contribution in [2.75, 3.05) is 0 Å². The Balaban J connectivity index is 0.000000677. The fourth-order valence-electron chi connectivity index (χ4n) is 3.56. The summed E-state index contributed by atoms with van der Waals surface area (Å²) in [7, 11) is 0. The number of hydrogen-bond acceptors (Lipinski definition) is 0. The largest absolute Gasteiger partial charge is 0.0905 e. The molecular formula is C31H38Cr. The van der Waals surface area contributed by atoms with E-state index in [4.69, 9.17) is 0 Å². The van der Waals surface area contributed by atoms with Gasteiger partial charge in [-0.1, -0.05) is 110 Å². The Kier molecular flexibility index (Phi) is 11.8. The molecule has 32 heavy (non-hydrogen) atoms. The normalized spacial score (nSPS) is 11.5. The van der Waals surface area contributed by atoms with Gasteiger partial charge in [-0.25, -0.2) is 0 Å². The third-order valence-corrected chi connectivity index (χ3v) is 5.70. The maximum Gasteiger partial charge on any atom is 0 e. The number of aryl methyl sites for hydroxylation is 2. The first-order valence-electron chi connectivity index (χ1n) is 11.1. The molecule has 0 saturated heterocycles. The zero-order valence-electron chi connectivity index (χ0n) is 20.4. The van der Waals surface area contributed by atoms with E-state index in [0.29, 0.717) is 0 Å². The Bertz CT molecular complexity index is 1070. The molecule has 0 heterocycles. The average Bonchev–Trinajstić information content (AvgIpc) is 2.80. The third-order valence-electron chi connectivity index (χ3n) is 5.70. The van der Waals surface area contributed by atoms with Gasteiger partial charge < -0.3 is 0 Å². The number of benzene rings is 3. The predicted octanol–water partition coefficient (Wildman–Crippen LogP) is 9.55. The predicted molar refractivity (Wildman–Crippen MR) is 142 cm³/mol. The van der Waals surface area contributed by atoms with Gasteiger partial charge in [0.05, 0.1) is 0 Å². The molecular weight excluding hydrogens is 424 g/mol. The fraction of sp³-hybridized carbons (Fsp3) is 0.226. The summed E-state index contributed by atoms with van der Waals surface area (Å²) >= 11 is 0. The summed E-state index contributed by atoms with van der Waals surface area (Å²) in [5, 5.41) is 0. The fourth-order valence-corrected chi connectivity index (χ4v) is 3.56. The van der Waals surface area contributed by atoms with E-state index in [0.717, 1.165) is 12.0 Å². The monoisotopic (exact) mass is 462 g/mol. The molecule has 0 radical (unpaired) electrons. The maximum absolute atomic E-state index is 4.37. The molecule has 0 bridgehead atoms. The van der Waals surface area contributed by atoms with Gasteiger partial charge in [-0.15, -0.1) is 0 Å². The van der Waals surface area contributed by atoms with Crippen LogP contribution in [0.25, 0.3) is 16.7 Å². The van der Waals surface area contributed by atoms with Gasteiger partial charge in [0.1, 0.15) is 0 Å². The van der Waals surface area contributed by atoms with Crippen molar-refractivity contribution >= 4 is 16.7 Å². The molecule has 0 N–H and O–H groups in total. The Morgan fingerprint density at radius 3 is 2.00 bits per heavy atom. The van der Waals surface area contributed by atoms with Gasteiger partial charge in [0.2, 0.25) is 0 Å². The Morgan fingerprint density at radius 1 is 0.844 bits per heavy atom. The summed E-state index contributed by atoms with van der Waals surface area (Å²) in [4.78, 5) is 0. The van der Waals surface area contributed by atoms with E-state index in [9.17, 15) is 0 Å². The van der Waals surface area contributed by atoms with E-state index >= 15 is 0 Å². The van der Waals surface area contributed by atoms with E-state index in [2.05, 4.69) is 133 Å². The quantitative estimate of drug-likeness (QED) is 0.331. The van der Waals surface area contributed by atoms with Gasteiger partial charge >= 0.3 is 0 Å². The van der Waals surface area contributed by atoms with Crippen LogP contribution >= 0.6 is 0 Å². The van der Waals surface area contributed by atoms with Crippen LogP contribution in [-0.4, -0.2) is 0 Å².